The summed E-state index contributed by atoms with van der Waals surface area (Å²) in [6.45, 7) is 2.71. The fraction of sp³-hybridized carbons (Fsp3) is 0.250. The Morgan fingerprint density at radius 1 is 1.19 bits per heavy atom. The maximum Gasteiger partial charge on any atom is 0.302 e. The minimum Gasteiger partial charge on any atom is -0.464 e. The second kappa shape index (κ2) is 10.6. The average molecular weight is 404 g/mol. The van der Waals surface area contributed by atoms with Crippen molar-refractivity contribution in [1.82, 2.24) is 0 Å². The fourth-order valence-electron chi connectivity index (χ4n) is 2.38. The lowest BCUT2D eigenvalue weighted by Crippen LogP contribution is -2.28. The van der Waals surface area contributed by atoms with Gasteiger partial charge >= 0.3 is 5.97 Å². The number of aliphatic imine (C=N–C) groups is 1. The topological polar surface area (TPSA) is 65.7 Å². The predicted octanol–water partition coefficient (Wildman–Crippen LogP) is 5.03. The number of carbonyl (C=O) groups is 1. The third-order valence-corrected chi connectivity index (χ3v) is 4.38. The van der Waals surface area contributed by atoms with Crippen LogP contribution in [0.1, 0.15) is 18.9 Å². The molecule has 0 spiro atoms. The van der Waals surface area contributed by atoms with E-state index in [4.69, 9.17) is 33.2 Å². The van der Waals surface area contributed by atoms with Gasteiger partial charge in [0.05, 0.1) is 34.8 Å². The van der Waals surface area contributed by atoms with Crippen molar-refractivity contribution >= 4 is 46.8 Å². The second-order valence-electron chi connectivity index (χ2n) is 5.65. The van der Waals surface area contributed by atoms with E-state index in [1.54, 1.807) is 24.4 Å². The van der Waals surface area contributed by atoms with Gasteiger partial charge in [-0.15, -0.1) is 0 Å². The minimum absolute atomic E-state index is 0.270. The second-order valence-corrected chi connectivity index (χ2v) is 6.46. The Labute approximate surface area is 168 Å². The van der Waals surface area contributed by atoms with Crippen molar-refractivity contribution in [1.29, 1.82) is 5.26 Å². The Kier molecular flexibility index (Phi) is 8.12. The maximum absolute atomic E-state index is 10.9. The number of esters is 1. The molecular formula is C20H19Cl2N3O2. The summed E-state index contributed by atoms with van der Waals surface area (Å²) >= 11 is 12.3. The van der Waals surface area contributed by atoms with Gasteiger partial charge in [0.25, 0.3) is 0 Å². The average Bonchev–Trinajstić information content (AvgIpc) is 2.64. The normalized spacial score (nSPS) is 10.6. The van der Waals surface area contributed by atoms with Crippen LogP contribution in [0.15, 0.2) is 47.5 Å². The van der Waals surface area contributed by atoms with Crippen LogP contribution >= 0.6 is 23.2 Å². The molecular weight excluding hydrogens is 385 g/mol. The summed E-state index contributed by atoms with van der Waals surface area (Å²) in [4.78, 5) is 17.3. The first-order valence-electron chi connectivity index (χ1n) is 8.34. The third kappa shape index (κ3) is 6.59. The molecule has 0 aliphatic carbocycles. The predicted molar refractivity (Wildman–Crippen MR) is 109 cm³/mol. The number of halogens is 2. The Bertz CT molecular complexity index is 825. The van der Waals surface area contributed by atoms with Gasteiger partial charge in [0.2, 0.25) is 0 Å². The zero-order chi connectivity index (χ0) is 19.6. The molecule has 27 heavy (non-hydrogen) atoms. The van der Waals surface area contributed by atoms with Crippen LogP contribution in [-0.4, -0.2) is 31.9 Å². The number of ether oxygens (including phenoxy) is 1. The van der Waals surface area contributed by atoms with Crippen LogP contribution in [0.5, 0.6) is 0 Å². The van der Waals surface area contributed by atoms with Crippen molar-refractivity contribution in [3.05, 3.63) is 58.1 Å². The van der Waals surface area contributed by atoms with Crippen molar-refractivity contribution < 1.29 is 9.53 Å². The van der Waals surface area contributed by atoms with Crippen molar-refractivity contribution in [3.8, 4) is 6.07 Å². The molecule has 0 radical (unpaired) electrons. The number of rotatable bonds is 8. The standard InChI is InChI=1S/C20H19Cl2N3O2/c1-15(26)27-13-12-25(11-3-10-23)17-8-6-16(7-9-17)24-14-18-19(21)4-2-5-20(18)22/h2,4-9,14H,3,11-13H2,1H3. The van der Waals surface area contributed by atoms with E-state index in [0.717, 1.165) is 11.4 Å². The molecule has 0 saturated heterocycles. The zero-order valence-electron chi connectivity index (χ0n) is 14.9. The first kappa shape index (κ1) is 20.8. The Morgan fingerprint density at radius 2 is 1.85 bits per heavy atom. The summed E-state index contributed by atoms with van der Waals surface area (Å²) in [5.74, 6) is -0.321. The van der Waals surface area contributed by atoms with Gasteiger partial charge in [0, 0.05) is 30.9 Å². The largest absolute Gasteiger partial charge is 0.464 e. The lowest BCUT2D eigenvalue weighted by Gasteiger charge is -2.23. The van der Waals surface area contributed by atoms with Crippen LogP contribution in [0.3, 0.4) is 0 Å². The van der Waals surface area contributed by atoms with E-state index in [1.165, 1.54) is 6.92 Å². The number of nitriles is 1. The maximum atomic E-state index is 10.9. The molecule has 7 heteroatoms. The zero-order valence-corrected chi connectivity index (χ0v) is 16.4. The summed E-state index contributed by atoms with van der Waals surface area (Å²) < 4.78 is 5.00. The van der Waals surface area contributed by atoms with Crippen LogP contribution in [-0.2, 0) is 9.53 Å². The third-order valence-electron chi connectivity index (χ3n) is 3.72. The number of hydrogen-bond acceptors (Lipinski definition) is 5. The smallest absolute Gasteiger partial charge is 0.302 e. The van der Waals surface area contributed by atoms with E-state index in [9.17, 15) is 4.79 Å². The van der Waals surface area contributed by atoms with Gasteiger partial charge in [-0.05, 0) is 36.4 Å². The van der Waals surface area contributed by atoms with Gasteiger partial charge in [-0.1, -0.05) is 29.3 Å². The molecule has 2 aromatic rings. The summed E-state index contributed by atoms with van der Waals surface area (Å²) in [6.07, 6.45) is 2.01. The van der Waals surface area contributed by atoms with Crippen LogP contribution in [0.4, 0.5) is 11.4 Å². The fourth-order valence-corrected chi connectivity index (χ4v) is 2.87. The molecule has 0 saturated carbocycles. The highest BCUT2D eigenvalue weighted by Crippen LogP contribution is 2.24. The van der Waals surface area contributed by atoms with Crippen LogP contribution < -0.4 is 4.90 Å². The van der Waals surface area contributed by atoms with Gasteiger partial charge in [0.15, 0.2) is 0 Å². The number of anilines is 1. The van der Waals surface area contributed by atoms with Crippen LogP contribution in [0, 0.1) is 11.3 Å². The molecule has 0 aromatic heterocycles. The first-order chi connectivity index (χ1) is 13.0. The van der Waals surface area contributed by atoms with E-state index in [0.29, 0.717) is 35.1 Å². The Morgan fingerprint density at radius 3 is 2.44 bits per heavy atom. The molecule has 2 rings (SSSR count). The monoisotopic (exact) mass is 403 g/mol. The van der Waals surface area contributed by atoms with Crippen molar-refractivity contribution in [2.75, 3.05) is 24.6 Å². The summed E-state index contributed by atoms with van der Waals surface area (Å²) in [5, 5.41) is 9.92. The highest BCUT2D eigenvalue weighted by atomic mass is 35.5. The van der Waals surface area contributed by atoms with E-state index >= 15 is 0 Å². The molecule has 5 nitrogen and oxygen atoms in total. The molecule has 0 amide bonds. The lowest BCUT2D eigenvalue weighted by atomic mass is 10.2. The van der Waals surface area contributed by atoms with Crippen molar-refractivity contribution in [2.24, 2.45) is 4.99 Å². The van der Waals surface area contributed by atoms with Crippen molar-refractivity contribution in [3.63, 3.8) is 0 Å². The highest BCUT2D eigenvalue weighted by Gasteiger charge is 2.07. The quantitative estimate of drug-likeness (QED) is 0.457. The highest BCUT2D eigenvalue weighted by molar-refractivity contribution is 6.38. The molecule has 0 N–H and O–H groups in total. The number of hydrogen-bond donors (Lipinski definition) is 0. The van der Waals surface area contributed by atoms with Crippen molar-refractivity contribution in [2.45, 2.75) is 13.3 Å². The Balaban J connectivity index is 2.09. The van der Waals surface area contributed by atoms with Crippen LogP contribution in [0.25, 0.3) is 0 Å². The minimum atomic E-state index is -0.321. The van der Waals surface area contributed by atoms with Gasteiger partial charge < -0.3 is 9.64 Å². The van der Waals surface area contributed by atoms with Gasteiger partial charge in [0.1, 0.15) is 6.61 Å². The van der Waals surface area contributed by atoms with E-state index in [2.05, 4.69) is 11.1 Å². The molecule has 0 heterocycles. The lowest BCUT2D eigenvalue weighted by molar-refractivity contribution is -0.140. The molecule has 0 aliphatic rings. The molecule has 2 aromatic carbocycles. The number of benzene rings is 2. The summed E-state index contributed by atoms with van der Waals surface area (Å²) in [6, 6.07) is 15.0. The molecule has 0 fully saturated rings. The molecule has 0 aliphatic heterocycles. The molecule has 0 bridgehead atoms. The first-order valence-corrected chi connectivity index (χ1v) is 9.10. The van der Waals surface area contributed by atoms with Gasteiger partial charge in [-0.3, -0.25) is 9.79 Å². The molecule has 0 atom stereocenters. The number of nitrogens with zero attached hydrogens (tertiary/aromatic N) is 3. The Hall–Kier alpha value is -2.55. The van der Waals surface area contributed by atoms with E-state index in [-0.39, 0.29) is 12.6 Å². The molecule has 140 valence electrons. The van der Waals surface area contributed by atoms with Crippen LogP contribution in [0.2, 0.25) is 10.0 Å². The van der Waals surface area contributed by atoms with E-state index in [1.807, 2.05) is 29.2 Å². The van der Waals surface area contributed by atoms with Gasteiger partial charge in [-0.2, -0.15) is 5.26 Å². The number of carbonyl (C=O) groups excluding carboxylic acids is 1. The summed E-state index contributed by atoms with van der Waals surface area (Å²) in [7, 11) is 0. The van der Waals surface area contributed by atoms with Gasteiger partial charge in [-0.25, -0.2) is 0 Å². The SMILES string of the molecule is CC(=O)OCCN(CCC#N)c1ccc(N=Cc2c(Cl)cccc2Cl)cc1. The molecule has 0 unspecified atom stereocenters. The summed E-state index contributed by atoms with van der Waals surface area (Å²) in [5.41, 5.74) is 2.34. The van der Waals surface area contributed by atoms with E-state index < -0.39 is 0 Å².